The number of nitrogens with zero attached hydrogens (tertiary/aromatic N) is 1. The van der Waals surface area contributed by atoms with Gasteiger partial charge >= 0.3 is 18.1 Å². The van der Waals surface area contributed by atoms with Crippen molar-refractivity contribution >= 4 is 11.9 Å². The van der Waals surface area contributed by atoms with Gasteiger partial charge in [-0.05, 0) is 0 Å². The van der Waals surface area contributed by atoms with Gasteiger partial charge < -0.3 is 9.47 Å². The van der Waals surface area contributed by atoms with Gasteiger partial charge in [-0.15, -0.1) is 0 Å². The minimum Gasteiger partial charge on any atom is -0.469 e. The second kappa shape index (κ2) is 5.11. The molecule has 6 nitrogen and oxygen atoms in total. The first-order chi connectivity index (χ1) is 8.23. The Kier molecular flexibility index (Phi) is 4.17. The third-order valence-corrected chi connectivity index (χ3v) is 2.58. The molecular formula is C9H12F3NO5. The summed E-state index contributed by atoms with van der Waals surface area (Å²) in [6, 6.07) is -2.26. The topological polar surface area (TPSA) is 65.1 Å². The number of rotatable bonds is 2. The first-order valence-electron chi connectivity index (χ1n) is 4.86. The molecule has 1 aliphatic heterocycles. The van der Waals surface area contributed by atoms with E-state index in [0.717, 1.165) is 21.3 Å². The highest BCUT2D eigenvalue weighted by Gasteiger charge is 2.61. The zero-order valence-corrected chi connectivity index (χ0v) is 9.85. The van der Waals surface area contributed by atoms with Crippen LogP contribution < -0.4 is 0 Å². The summed E-state index contributed by atoms with van der Waals surface area (Å²) in [4.78, 5) is 27.5. The summed E-state index contributed by atoms with van der Waals surface area (Å²) < 4.78 is 47.0. The lowest BCUT2D eigenvalue weighted by Gasteiger charge is -2.23. The van der Waals surface area contributed by atoms with Crippen LogP contribution in [-0.2, 0) is 23.9 Å². The van der Waals surface area contributed by atoms with Crippen molar-refractivity contribution in [3.05, 3.63) is 0 Å². The number of alkyl halides is 3. The number of carbonyl (C=O) groups is 2. The lowest BCUT2D eigenvalue weighted by atomic mass is 9.94. The summed E-state index contributed by atoms with van der Waals surface area (Å²) in [5.74, 6) is -4.06. The van der Waals surface area contributed by atoms with Crippen molar-refractivity contribution in [3.63, 3.8) is 0 Å². The smallest absolute Gasteiger partial charge is 0.407 e. The van der Waals surface area contributed by atoms with Gasteiger partial charge in [-0.25, -0.2) is 4.79 Å². The van der Waals surface area contributed by atoms with Crippen LogP contribution in [0.2, 0.25) is 0 Å². The highest BCUT2D eigenvalue weighted by atomic mass is 19.4. The van der Waals surface area contributed by atoms with E-state index in [1.165, 1.54) is 0 Å². The number of carbonyl (C=O) groups excluding carboxylic acids is 2. The number of hydrogen-bond donors (Lipinski definition) is 0. The fourth-order valence-electron chi connectivity index (χ4n) is 1.81. The molecule has 1 aliphatic rings. The van der Waals surface area contributed by atoms with Gasteiger partial charge in [-0.3, -0.25) is 9.63 Å². The third-order valence-electron chi connectivity index (χ3n) is 2.58. The lowest BCUT2D eigenvalue weighted by Crippen LogP contribution is -2.47. The average molecular weight is 271 g/mol. The molecule has 18 heavy (non-hydrogen) atoms. The molecular weight excluding hydrogens is 259 g/mol. The highest BCUT2D eigenvalue weighted by molar-refractivity contribution is 5.85. The van der Waals surface area contributed by atoms with Crippen molar-refractivity contribution in [1.82, 2.24) is 5.06 Å². The molecule has 0 aromatic carbocycles. The Morgan fingerprint density at radius 1 is 1.17 bits per heavy atom. The van der Waals surface area contributed by atoms with Gasteiger partial charge in [0.1, 0.15) is 12.0 Å². The van der Waals surface area contributed by atoms with Crippen LogP contribution in [0, 0.1) is 5.92 Å². The van der Waals surface area contributed by atoms with Crippen molar-refractivity contribution in [1.29, 1.82) is 0 Å². The molecule has 1 fully saturated rings. The predicted molar refractivity (Wildman–Crippen MR) is 50.0 cm³/mol. The molecule has 0 aromatic heterocycles. The number of hydroxylamine groups is 2. The van der Waals surface area contributed by atoms with E-state index in [9.17, 15) is 22.8 Å². The summed E-state index contributed by atoms with van der Waals surface area (Å²) in [5, 5.41) is 0.420. The Hall–Kier alpha value is -1.35. The lowest BCUT2D eigenvalue weighted by molar-refractivity contribution is -0.236. The Balaban J connectivity index is 3.11. The molecule has 0 unspecified atom stereocenters. The van der Waals surface area contributed by atoms with Gasteiger partial charge in [0, 0.05) is 7.05 Å². The Bertz CT molecular complexity index is 346. The highest BCUT2D eigenvalue weighted by Crippen LogP contribution is 2.38. The minimum absolute atomic E-state index is 0.420. The molecule has 104 valence electrons. The fraction of sp³-hybridized carbons (Fsp3) is 0.778. The van der Waals surface area contributed by atoms with E-state index >= 15 is 0 Å². The Morgan fingerprint density at radius 2 is 1.67 bits per heavy atom. The van der Waals surface area contributed by atoms with Crippen LogP contribution in [0.5, 0.6) is 0 Å². The molecule has 0 aliphatic carbocycles. The summed E-state index contributed by atoms with van der Waals surface area (Å²) in [6.45, 7) is 0. The fourth-order valence-corrected chi connectivity index (χ4v) is 1.81. The normalized spacial score (nSPS) is 29.1. The summed E-state index contributed by atoms with van der Waals surface area (Å²) in [7, 11) is 2.90. The van der Waals surface area contributed by atoms with E-state index in [1.54, 1.807) is 0 Å². The van der Waals surface area contributed by atoms with Crippen molar-refractivity contribution in [2.45, 2.75) is 18.3 Å². The van der Waals surface area contributed by atoms with Crippen LogP contribution in [0.1, 0.15) is 0 Å². The van der Waals surface area contributed by atoms with Crippen LogP contribution in [0.15, 0.2) is 0 Å². The molecule has 0 saturated carbocycles. The molecule has 0 aromatic rings. The van der Waals surface area contributed by atoms with Crippen molar-refractivity contribution in [2.24, 2.45) is 5.92 Å². The molecule has 1 saturated heterocycles. The molecule has 1 heterocycles. The van der Waals surface area contributed by atoms with Crippen LogP contribution in [0.25, 0.3) is 0 Å². The minimum atomic E-state index is -4.74. The first-order valence-corrected chi connectivity index (χ1v) is 4.86. The molecule has 0 bridgehead atoms. The predicted octanol–water partition coefficient (Wildman–Crippen LogP) is 0.125. The molecule has 1 rings (SSSR count). The maximum absolute atomic E-state index is 12.8. The zero-order valence-electron chi connectivity index (χ0n) is 9.85. The SMILES string of the molecule is COC(=O)[C@@H]1[C@@H](C(=O)OC)ON(C)[C@@H]1C(F)(F)F. The maximum Gasteiger partial charge on any atom is 0.407 e. The van der Waals surface area contributed by atoms with E-state index in [4.69, 9.17) is 4.84 Å². The Labute approximate surface area is 101 Å². The van der Waals surface area contributed by atoms with Crippen LogP contribution in [-0.4, -0.2) is 56.6 Å². The number of ether oxygens (including phenoxy) is 2. The molecule has 0 amide bonds. The number of methoxy groups -OCH3 is 2. The first kappa shape index (κ1) is 14.7. The van der Waals surface area contributed by atoms with Crippen LogP contribution in [0.3, 0.4) is 0 Å². The second-order valence-corrected chi connectivity index (χ2v) is 3.63. The van der Waals surface area contributed by atoms with Gasteiger partial charge in [-0.2, -0.15) is 18.2 Å². The van der Waals surface area contributed by atoms with E-state index in [-0.39, 0.29) is 0 Å². The molecule has 3 atom stereocenters. The van der Waals surface area contributed by atoms with Crippen LogP contribution >= 0.6 is 0 Å². The van der Waals surface area contributed by atoms with Gasteiger partial charge in [0.15, 0.2) is 6.10 Å². The largest absolute Gasteiger partial charge is 0.469 e. The summed E-state index contributed by atoms with van der Waals surface area (Å²) in [5.41, 5.74) is 0. The average Bonchev–Trinajstić information content (AvgIpc) is 2.64. The summed E-state index contributed by atoms with van der Waals surface area (Å²) in [6.07, 6.45) is -6.41. The third kappa shape index (κ3) is 2.56. The zero-order chi connectivity index (χ0) is 14.1. The Morgan fingerprint density at radius 3 is 2.06 bits per heavy atom. The standard InChI is InChI=1S/C9H12F3NO5/c1-13-6(9(10,11)12)4(7(14)16-2)5(18-13)8(15)17-3/h4-6H,1-3H3/t4-,5+,6+/m1/s1. The van der Waals surface area contributed by atoms with E-state index in [2.05, 4.69) is 9.47 Å². The van der Waals surface area contributed by atoms with Gasteiger partial charge in [0.05, 0.1) is 14.2 Å². The van der Waals surface area contributed by atoms with Crippen molar-refractivity contribution < 1.29 is 37.1 Å². The monoisotopic (exact) mass is 271 g/mol. The van der Waals surface area contributed by atoms with Crippen LogP contribution in [0.4, 0.5) is 13.2 Å². The molecule has 0 N–H and O–H groups in total. The number of halogens is 3. The second-order valence-electron chi connectivity index (χ2n) is 3.63. The molecule has 0 radical (unpaired) electrons. The molecule has 0 spiro atoms. The van der Waals surface area contributed by atoms with Gasteiger partial charge in [0.25, 0.3) is 0 Å². The van der Waals surface area contributed by atoms with E-state index < -0.39 is 36.2 Å². The van der Waals surface area contributed by atoms with Gasteiger partial charge in [0.2, 0.25) is 0 Å². The number of hydrogen-bond acceptors (Lipinski definition) is 6. The maximum atomic E-state index is 12.8. The van der Waals surface area contributed by atoms with Gasteiger partial charge in [-0.1, -0.05) is 0 Å². The van der Waals surface area contributed by atoms with Crippen molar-refractivity contribution in [3.8, 4) is 0 Å². The molecule has 9 heteroatoms. The van der Waals surface area contributed by atoms with Crippen molar-refractivity contribution in [2.75, 3.05) is 21.3 Å². The number of esters is 2. The quantitative estimate of drug-likeness (QED) is 0.665. The summed E-state index contributed by atoms with van der Waals surface area (Å²) >= 11 is 0. The van der Waals surface area contributed by atoms with E-state index in [1.807, 2.05) is 0 Å². The van der Waals surface area contributed by atoms with E-state index in [0.29, 0.717) is 5.06 Å².